The lowest BCUT2D eigenvalue weighted by molar-refractivity contribution is -0.266. The van der Waals surface area contributed by atoms with Crippen LogP contribution in [0.15, 0.2) is 42.5 Å². The van der Waals surface area contributed by atoms with Gasteiger partial charge in [0.1, 0.15) is 24.4 Å². The monoisotopic (exact) mass is 742 g/mol. The van der Waals surface area contributed by atoms with Gasteiger partial charge < -0.3 is 33.4 Å². The second-order valence-corrected chi connectivity index (χ2v) is 23.4. The van der Waals surface area contributed by atoms with Crippen molar-refractivity contribution in [1.29, 1.82) is 0 Å². The highest BCUT2D eigenvalue weighted by atomic mass is 28.4. The Kier molecular flexibility index (Phi) is 14.4. The van der Waals surface area contributed by atoms with Crippen LogP contribution in [0, 0.1) is 0 Å². The van der Waals surface area contributed by atoms with Crippen LogP contribution in [0.1, 0.15) is 144 Å². The standard InChI is InChI=1S/C44H75NO6Si/c1-11-12-13-14-15-16-17-18-19-20-21-25-28-37-44(47-37)40(50-42(44,5)6)34(45-31-33-26-23-22-24-27-33)32-46-35-29-30-36(51-52(9,10)41(2,3)4)39-38(35)48-43(7,8)49-39/h22-24,26-27,29-30,34-40,45H,11-21,25,28,31-32H2,1-10H3/t34-,35+,36?,37+,38+,39+,40-,44?/m1/s1. The minimum Gasteiger partial charge on any atom is -0.408 e. The minimum atomic E-state index is -2.04. The van der Waals surface area contributed by atoms with Crippen molar-refractivity contribution in [3.63, 3.8) is 0 Å². The van der Waals surface area contributed by atoms with Crippen LogP contribution in [0.25, 0.3) is 0 Å². The summed E-state index contributed by atoms with van der Waals surface area (Å²) in [6.45, 7) is 23.3. The Morgan fingerprint density at radius 2 is 1.31 bits per heavy atom. The summed E-state index contributed by atoms with van der Waals surface area (Å²) >= 11 is 0. The summed E-state index contributed by atoms with van der Waals surface area (Å²) in [5.41, 5.74) is 0.620. The Morgan fingerprint density at radius 3 is 1.88 bits per heavy atom. The molecule has 0 bridgehead atoms. The van der Waals surface area contributed by atoms with Crippen molar-refractivity contribution in [2.24, 2.45) is 0 Å². The molecule has 1 N–H and O–H groups in total. The van der Waals surface area contributed by atoms with Crippen LogP contribution in [0.4, 0.5) is 0 Å². The van der Waals surface area contributed by atoms with E-state index in [0.717, 1.165) is 13.0 Å². The molecule has 3 fully saturated rings. The van der Waals surface area contributed by atoms with Gasteiger partial charge in [-0.2, -0.15) is 0 Å². The average molecular weight is 742 g/mol. The highest BCUT2D eigenvalue weighted by Crippen LogP contribution is 2.61. The first-order valence-corrected chi connectivity index (χ1v) is 24.0. The van der Waals surface area contributed by atoms with Crippen LogP contribution >= 0.6 is 0 Å². The van der Waals surface area contributed by atoms with Crippen LogP contribution < -0.4 is 5.32 Å². The third-order valence-electron chi connectivity index (χ3n) is 12.6. The van der Waals surface area contributed by atoms with Crippen LogP contribution in [0.2, 0.25) is 18.1 Å². The molecule has 0 saturated carbocycles. The lowest BCUT2D eigenvalue weighted by atomic mass is 9.73. The summed E-state index contributed by atoms with van der Waals surface area (Å²) in [6.07, 6.45) is 21.0. The smallest absolute Gasteiger partial charge is 0.193 e. The Morgan fingerprint density at radius 1 is 0.750 bits per heavy atom. The van der Waals surface area contributed by atoms with Gasteiger partial charge in [-0.15, -0.1) is 0 Å². The first kappa shape index (κ1) is 42.0. The van der Waals surface area contributed by atoms with E-state index in [1.807, 2.05) is 13.8 Å². The number of fused-ring (bicyclic) bond motifs is 1. The van der Waals surface area contributed by atoms with E-state index in [-0.39, 0.29) is 58.9 Å². The summed E-state index contributed by atoms with van der Waals surface area (Å²) in [4.78, 5) is 0. The molecule has 3 saturated heterocycles. The summed E-state index contributed by atoms with van der Waals surface area (Å²) in [5, 5.41) is 3.93. The van der Waals surface area contributed by atoms with Crippen LogP contribution in [-0.2, 0) is 34.7 Å². The fourth-order valence-electron chi connectivity index (χ4n) is 8.44. The molecule has 3 heterocycles. The molecule has 8 heteroatoms. The van der Waals surface area contributed by atoms with E-state index in [1.54, 1.807) is 0 Å². The summed E-state index contributed by atoms with van der Waals surface area (Å²) in [5.74, 6) is -0.711. The van der Waals surface area contributed by atoms with E-state index >= 15 is 0 Å². The van der Waals surface area contributed by atoms with E-state index < -0.39 is 14.1 Å². The largest absolute Gasteiger partial charge is 0.408 e. The molecular weight excluding hydrogens is 667 g/mol. The van der Waals surface area contributed by atoms with Crippen molar-refractivity contribution in [1.82, 2.24) is 5.32 Å². The number of ether oxygens (including phenoxy) is 5. The highest BCUT2D eigenvalue weighted by Gasteiger charge is 2.78. The molecule has 0 radical (unpaired) electrons. The molecule has 1 spiro atoms. The summed E-state index contributed by atoms with van der Waals surface area (Å²) in [6, 6.07) is 10.5. The van der Waals surface area contributed by atoms with Gasteiger partial charge in [-0.3, -0.25) is 0 Å². The Bertz CT molecular complexity index is 1260. The maximum absolute atomic E-state index is 6.87. The number of epoxide rings is 1. The molecular formula is C44H75NO6Si. The molecule has 1 aliphatic carbocycles. The van der Waals surface area contributed by atoms with E-state index in [1.165, 1.54) is 82.6 Å². The number of nitrogens with one attached hydrogen (secondary N) is 1. The van der Waals surface area contributed by atoms with Crippen molar-refractivity contribution in [3.05, 3.63) is 48.0 Å². The first-order valence-electron chi connectivity index (χ1n) is 21.1. The fourth-order valence-corrected chi connectivity index (χ4v) is 9.68. The van der Waals surface area contributed by atoms with Gasteiger partial charge in [0.15, 0.2) is 19.7 Å². The van der Waals surface area contributed by atoms with E-state index in [9.17, 15) is 0 Å². The quantitative estimate of drug-likeness (QED) is 0.0549. The van der Waals surface area contributed by atoms with Crippen molar-refractivity contribution in [2.45, 2.75) is 223 Å². The Hall–Kier alpha value is -1.10. The third kappa shape index (κ3) is 10.2. The van der Waals surface area contributed by atoms with Gasteiger partial charge in [0, 0.05) is 6.54 Å². The zero-order chi connectivity index (χ0) is 37.6. The number of hydrogen-bond donors (Lipinski definition) is 1. The Labute approximate surface area is 318 Å². The van der Waals surface area contributed by atoms with Crippen LogP contribution in [0.5, 0.6) is 0 Å². The highest BCUT2D eigenvalue weighted by molar-refractivity contribution is 6.74. The van der Waals surface area contributed by atoms with Crippen LogP contribution in [-0.4, -0.2) is 74.6 Å². The number of unbranched alkanes of at least 4 members (excludes halogenated alkanes) is 11. The lowest BCUT2D eigenvalue weighted by Crippen LogP contribution is -2.72. The van der Waals surface area contributed by atoms with E-state index in [2.05, 4.69) is 102 Å². The van der Waals surface area contributed by atoms with Gasteiger partial charge in [0.25, 0.3) is 0 Å². The number of rotatable bonds is 22. The molecule has 52 heavy (non-hydrogen) atoms. The second kappa shape index (κ2) is 17.8. The molecule has 1 aromatic carbocycles. The molecule has 1 aromatic rings. The predicted octanol–water partition coefficient (Wildman–Crippen LogP) is 10.4. The number of benzene rings is 1. The Balaban J connectivity index is 1.17. The van der Waals surface area contributed by atoms with E-state index in [0.29, 0.717) is 6.61 Å². The zero-order valence-electron chi connectivity index (χ0n) is 34.6. The van der Waals surface area contributed by atoms with Crippen molar-refractivity contribution < 1.29 is 28.1 Å². The van der Waals surface area contributed by atoms with Crippen molar-refractivity contribution in [3.8, 4) is 0 Å². The average Bonchev–Trinajstić information content (AvgIpc) is 3.76. The molecule has 7 nitrogen and oxygen atoms in total. The topological polar surface area (TPSA) is 70.7 Å². The SMILES string of the molecule is CCCCCCCCCCCCCC[C@@H]1OC12[C@@H]([C@@H](CO[C@H]1C=CC(O[Si](C)(C)C(C)(C)C)[C@@H]3OC(C)(C)O[C@@H]13)NCc1ccccc1)OC2(C)C. The predicted molar refractivity (Wildman–Crippen MR) is 214 cm³/mol. The first-order chi connectivity index (χ1) is 24.6. The number of hydrogen-bond acceptors (Lipinski definition) is 7. The van der Waals surface area contributed by atoms with E-state index in [4.69, 9.17) is 28.1 Å². The van der Waals surface area contributed by atoms with Crippen molar-refractivity contribution in [2.75, 3.05) is 6.61 Å². The van der Waals surface area contributed by atoms with Gasteiger partial charge in [-0.1, -0.05) is 147 Å². The zero-order valence-corrected chi connectivity index (χ0v) is 35.6. The molecule has 3 aliphatic heterocycles. The molecule has 8 atom stereocenters. The van der Waals surface area contributed by atoms with Crippen molar-refractivity contribution >= 4 is 8.32 Å². The summed E-state index contributed by atoms with van der Waals surface area (Å²) in [7, 11) is -2.04. The normalized spacial score (nSPS) is 31.0. The third-order valence-corrected chi connectivity index (χ3v) is 17.1. The molecule has 0 amide bonds. The van der Waals surface area contributed by atoms with Gasteiger partial charge in [-0.25, -0.2) is 0 Å². The minimum absolute atomic E-state index is 0.0522. The summed E-state index contributed by atoms with van der Waals surface area (Å²) < 4.78 is 40.1. The molecule has 2 unspecified atom stereocenters. The van der Waals surface area contributed by atoms with Gasteiger partial charge in [0.2, 0.25) is 0 Å². The fraction of sp³-hybridized carbons (Fsp3) is 0.818. The molecule has 5 rings (SSSR count). The second-order valence-electron chi connectivity index (χ2n) is 18.7. The van der Waals surface area contributed by atoms with Gasteiger partial charge >= 0.3 is 0 Å². The van der Waals surface area contributed by atoms with Gasteiger partial charge in [-0.05, 0) is 57.8 Å². The molecule has 0 aromatic heterocycles. The maximum Gasteiger partial charge on any atom is 0.193 e. The molecule has 4 aliphatic rings. The molecule has 296 valence electrons. The lowest BCUT2D eigenvalue weighted by Gasteiger charge is -2.53. The maximum atomic E-state index is 6.87. The van der Waals surface area contributed by atoms with Crippen LogP contribution in [0.3, 0.4) is 0 Å². The van der Waals surface area contributed by atoms with Gasteiger partial charge in [0.05, 0.1) is 30.5 Å².